The predicted octanol–water partition coefficient (Wildman–Crippen LogP) is 2.94. The van der Waals surface area contributed by atoms with Crippen molar-refractivity contribution in [3.05, 3.63) is 51.4 Å². The van der Waals surface area contributed by atoms with Gasteiger partial charge in [-0.05, 0) is 51.7 Å². The molecule has 28 heavy (non-hydrogen) atoms. The molecule has 7 nitrogen and oxygen atoms in total. The topological polar surface area (TPSA) is 101 Å². The lowest BCUT2D eigenvalue weighted by atomic mass is 9.97. The van der Waals surface area contributed by atoms with Crippen molar-refractivity contribution in [1.82, 2.24) is 9.97 Å². The summed E-state index contributed by atoms with van der Waals surface area (Å²) < 4.78 is 5.03. The molecule has 0 bridgehead atoms. The minimum Gasteiger partial charge on any atom is -0.462 e. The molecular weight excluding hydrogens is 378 g/mol. The van der Waals surface area contributed by atoms with Crippen LogP contribution >= 0.6 is 11.8 Å². The van der Waals surface area contributed by atoms with Gasteiger partial charge >= 0.3 is 5.97 Å². The monoisotopic (exact) mass is 401 g/mol. The van der Waals surface area contributed by atoms with Gasteiger partial charge in [0.2, 0.25) is 5.91 Å². The number of anilines is 1. The number of ether oxygens (including phenoxy) is 1. The lowest BCUT2D eigenvalue weighted by Crippen LogP contribution is -2.26. The standard InChI is InChI=1S/C20H23N3O4S/c1-3-27-19(26)14-9-5-7-11-16(14)21-17(24)12(2)28-20-22-15-10-6-4-8-13(15)18(25)23-20/h5,7,9,11-12H,3-4,6,8,10H2,1-2H3,(H,21,24)(H,22,23,25). The summed E-state index contributed by atoms with van der Waals surface area (Å²) in [6.45, 7) is 3.71. The number of aromatic nitrogens is 2. The van der Waals surface area contributed by atoms with E-state index in [1.807, 2.05) is 0 Å². The number of aryl methyl sites for hydroxylation is 1. The normalized spacial score (nSPS) is 14.1. The Morgan fingerprint density at radius 1 is 1.29 bits per heavy atom. The molecule has 0 aliphatic heterocycles. The predicted molar refractivity (Wildman–Crippen MR) is 108 cm³/mol. The number of fused-ring (bicyclic) bond motifs is 1. The van der Waals surface area contributed by atoms with Crippen LogP contribution in [-0.2, 0) is 22.4 Å². The minimum atomic E-state index is -0.514. The van der Waals surface area contributed by atoms with E-state index in [9.17, 15) is 14.4 Å². The molecule has 1 aliphatic rings. The van der Waals surface area contributed by atoms with Gasteiger partial charge in [-0.1, -0.05) is 23.9 Å². The quantitative estimate of drug-likeness (QED) is 0.438. The molecule has 1 heterocycles. The molecule has 8 heteroatoms. The summed E-state index contributed by atoms with van der Waals surface area (Å²) in [7, 11) is 0. The number of H-pyrrole nitrogens is 1. The number of benzene rings is 1. The Hall–Kier alpha value is -2.61. The number of para-hydroxylation sites is 1. The van der Waals surface area contributed by atoms with E-state index in [0.717, 1.165) is 36.9 Å². The van der Waals surface area contributed by atoms with Gasteiger partial charge in [-0.2, -0.15) is 0 Å². The SMILES string of the molecule is CCOC(=O)c1ccccc1NC(=O)C(C)Sc1nc2c(c(=O)[nH]1)CCCC2. The molecule has 1 aliphatic carbocycles. The van der Waals surface area contributed by atoms with Crippen LogP contribution in [0.2, 0.25) is 0 Å². The maximum absolute atomic E-state index is 12.6. The minimum absolute atomic E-state index is 0.118. The Morgan fingerprint density at radius 2 is 2.04 bits per heavy atom. The van der Waals surface area contributed by atoms with E-state index in [2.05, 4.69) is 15.3 Å². The van der Waals surface area contributed by atoms with Crippen molar-refractivity contribution in [3.8, 4) is 0 Å². The van der Waals surface area contributed by atoms with E-state index in [1.165, 1.54) is 11.8 Å². The van der Waals surface area contributed by atoms with E-state index < -0.39 is 11.2 Å². The number of amides is 1. The first-order valence-electron chi connectivity index (χ1n) is 9.35. The third-order valence-electron chi connectivity index (χ3n) is 4.51. The van der Waals surface area contributed by atoms with Crippen LogP contribution in [0.1, 0.15) is 48.3 Å². The molecule has 1 aromatic carbocycles. The molecule has 0 saturated carbocycles. The summed E-state index contributed by atoms with van der Waals surface area (Å²) in [5.74, 6) is -0.776. The second-order valence-electron chi connectivity index (χ2n) is 6.52. The lowest BCUT2D eigenvalue weighted by Gasteiger charge is -2.16. The van der Waals surface area contributed by atoms with E-state index in [1.54, 1.807) is 38.1 Å². The largest absolute Gasteiger partial charge is 0.462 e. The molecule has 1 aromatic heterocycles. The molecule has 1 amide bonds. The van der Waals surface area contributed by atoms with Gasteiger partial charge in [0.15, 0.2) is 5.16 Å². The van der Waals surface area contributed by atoms with Crippen LogP contribution in [0.25, 0.3) is 0 Å². The van der Waals surface area contributed by atoms with E-state index >= 15 is 0 Å². The summed E-state index contributed by atoms with van der Waals surface area (Å²) in [5, 5.41) is 2.69. The van der Waals surface area contributed by atoms with Crippen molar-refractivity contribution in [2.75, 3.05) is 11.9 Å². The van der Waals surface area contributed by atoms with Crippen LogP contribution in [0.3, 0.4) is 0 Å². The van der Waals surface area contributed by atoms with Crippen molar-refractivity contribution in [2.24, 2.45) is 0 Å². The summed E-state index contributed by atoms with van der Waals surface area (Å²) in [4.78, 5) is 44.2. The van der Waals surface area contributed by atoms with Crippen molar-refractivity contribution in [2.45, 2.75) is 49.9 Å². The summed E-state index contributed by atoms with van der Waals surface area (Å²) >= 11 is 1.19. The van der Waals surface area contributed by atoms with E-state index in [-0.39, 0.29) is 18.1 Å². The van der Waals surface area contributed by atoms with Gasteiger partial charge in [-0.3, -0.25) is 9.59 Å². The van der Waals surface area contributed by atoms with Crippen LogP contribution in [0.4, 0.5) is 5.69 Å². The highest BCUT2D eigenvalue weighted by Gasteiger charge is 2.21. The number of thioether (sulfide) groups is 1. The van der Waals surface area contributed by atoms with Crippen LogP contribution in [-0.4, -0.2) is 33.7 Å². The molecule has 0 spiro atoms. The third-order valence-corrected chi connectivity index (χ3v) is 5.49. The van der Waals surface area contributed by atoms with Gasteiger partial charge in [0.05, 0.1) is 28.8 Å². The van der Waals surface area contributed by atoms with Gasteiger partial charge in [0, 0.05) is 5.56 Å². The smallest absolute Gasteiger partial charge is 0.340 e. The number of hydrogen-bond acceptors (Lipinski definition) is 6. The Labute approximate surface area is 167 Å². The third kappa shape index (κ3) is 4.62. The Balaban J connectivity index is 1.72. The number of carbonyl (C=O) groups is 2. The molecular formula is C20H23N3O4S. The Kier molecular flexibility index (Phi) is 6.51. The molecule has 2 aromatic rings. The molecule has 0 saturated heterocycles. The zero-order valence-corrected chi connectivity index (χ0v) is 16.7. The van der Waals surface area contributed by atoms with Crippen molar-refractivity contribution < 1.29 is 14.3 Å². The Bertz CT molecular complexity index is 941. The number of esters is 1. The second-order valence-corrected chi connectivity index (χ2v) is 7.85. The second kappa shape index (κ2) is 9.05. The number of hydrogen-bond donors (Lipinski definition) is 2. The van der Waals surface area contributed by atoms with E-state index in [4.69, 9.17) is 4.74 Å². The summed E-state index contributed by atoms with van der Waals surface area (Å²) in [6.07, 6.45) is 3.57. The maximum Gasteiger partial charge on any atom is 0.340 e. The molecule has 2 N–H and O–H groups in total. The fourth-order valence-electron chi connectivity index (χ4n) is 3.07. The Morgan fingerprint density at radius 3 is 2.82 bits per heavy atom. The zero-order chi connectivity index (χ0) is 20.1. The fourth-order valence-corrected chi connectivity index (χ4v) is 3.89. The van der Waals surface area contributed by atoms with Crippen molar-refractivity contribution in [1.29, 1.82) is 0 Å². The molecule has 0 radical (unpaired) electrons. The van der Waals surface area contributed by atoms with Crippen LogP contribution in [0.5, 0.6) is 0 Å². The lowest BCUT2D eigenvalue weighted by molar-refractivity contribution is -0.115. The summed E-state index contributed by atoms with van der Waals surface area (Å²) in [6, 6.07) is 6.70. The highest BCUT2D eigenvalue weighted by Crippen LogP contribution is 2.24. The number of nitrogens with zero attached hydrogens (tertiary/aromatic N) is 1. The van der Waals surface area contributed by atoms with Crippen LogP contribution in [0, 0.1) is 0 Å². The van der Waals surface area contributed by atoms with Crippen molar-refractivity contribution in [3.63, 3.8) is 0 Å². The first kappa shape index (κ1) is 20.1. The molecule has 1 atom stereocenters. The summed E-state index contributed by atoms with van der Waals surface area (Å²) in [5.41, 5.74) is 2.17. The molecule has 3 rings (SSSR count). The highest BCUT2D eigenvalue weighted by molar-refractivity contribution is 8.00. The van der Waals surface area contributed by atoms with Gasteiger partial charge in [0.1, 0.15) is 0 Å². The molecule has 148 valence electrons. The first-order chi connectivity index (χ1) is 13.5. The average Bonchev–Trinajstić information content (AvgIpc) is 2.68. The van der Waals surface area contributed by atoms with Crippen molar-refractivity contribution >= 4 is 29.3 Å². The number of rotatable bonds is 6. The molecule has 0 fully saturated rings. The highest BCUT2D eigenvalue weighted by atomic mass is 32.2. The van der Waals surface area contributed by atoms with Gasteiger partial charge < -0.3 is 15.0 Å². The van der Waals surface area contributed by atoms with Crippen LogP contribution < -0.4 is 10.9 Å². The van der Waals surface area contributed by atoms with Crippen LogP contribution in [0.15, 0.2) is 34.2 Å². The van der Waals surface area contributed by atoms with Gasteiger partial charge in [0.25, 0.3) is 5.56 Å². The average molecular weight is 401 g/mol. The number of nitrogens with one attached hydrogen (secondary N) is 2. The van der Waals surface area contributed by atoms with Gasteiger partial charge in [-0.15, -0.1) is 0 Å². The number of carbonyl (C=O) groups excluding carboxylic acids is 2. The zero-order valence-electron chi connectivity index (χ0n) is 15.9. The molecule has 1 unspecified atom stereocenters. The first-order valence-corrected chi connectivity index (χ1v) is 10.2. The fraction of sp³-hybridized carbons (Fsp3) is 0.400. The van der Waals surface area contributed by atoms with E-state index in [0.29, 0.717) is 16.4 Å². The van der Waals surface area contributed by atoms with Gasteiger partial charge in [-0.25, -0.2) is 9.78 Å². The maximum atomic E-state index is 12.6. The number of aromatic amines is 1.